The molecule has 3 unspecified atom stereocenters. The normalized spacial score (nSPS) is 13.8. The van der Waals surface area contributed by atoms with Gasteiger partial charge in [0.2, 0.25) is 5.91 Å². The second-order valence-corrected chi connectivity index (χ2v) is 11.1. The Morgan fingerprint density at radius 2 is 1.77 bits per heavy atom. The molecule has 1 aromatic heterocycles. The molecule has 3 atom stereocenters. The highest BCUT2D eigenvalue weighted by molar-refractivity contribution is 6.32. The van der Waals surface area contributed by atoms with Gasteiger partial charge in [0.1, 0.15) is 11.6 Å². The van der Waals surface area contributed by atoms with Crippen molar-refractivity contribution in [1.29, 1.82) is 0 Å². The van der Waals surface area contributed by atoms with Crippen molar-refractivity contribution in [3.8, 4) is 17.0 Å². The second kappa shape index (κ2) is 14.7. The minimum atomic E-state index is -4.56. The molecule has 3 aromatic rings. The predicted molar refractivity (Wildman–Crippen MR) is 159 cm³/mol. The van der Waals surface area contributed by atoms with E-state index in [4.69, 9.17) is 21.3 Å². The van der Waals surface area contributed by atoms with Gasteiger partial charge in [0.05, 0.1) is 16.8 Å². The Morgan fingerprint density at radius 3 is 2.30 bits per heavy atom. The van der Waals surface area contributed by atoms with Crippen molar-refractivity contribution >= 4 is 23.4 Å². The lowest BCUT2D eigenvalue weighted by atomic mass is 10.0. The van der Waals surface area contributed by atoms with Gasteiger partial charge in [0.15, 0.2) is 6.10 Å². The fraction of sp³-hybridized carbons (Fsp3) is 0.452. The van der Waals surface area contributed by atoms with E-state index in [1.165, 1.54) is 25.1 Å². The number of benzene rings is 2. The SMILES string of the molecule is CCn1cc(-c2ccc(CC(CCO)NC(=O)c3ccc(OC(C)C(F)(F)F)c(Cl)c3)cc2)nc1C(NC(C)=O)C(C)C. The third kappa shape index (κ3) is 9.21. The van der Waals surface area contributed by atoms with Gasteiger partial charge >= 0.3 is 6.18 Å². The number of amides is 2. The van der Waals surface area contributed by atoms with Gasteiger partial charge < -0.3 is 25.0 Å². The predicted octanol–water partition coefficient (Wildman–Crippen LogP) is 6.11. The van der Waals surface area contributed by atoms with Gasteiger partial charge in [-0.15, -0.1) is 0 Å². The molecule has 0 spiro atoms. The highest BCUT2D eigenvalue weighted by Gasteiger charge is 2.38. The molecule has 0 aliphatic heterocycles. The molecule has 0 saturated carbocycles. The summed E-state index contributed by atoms with van der Waals surface area (Å²) in [6.45, 7) is 8.97. The molecule has 0 fully saturated rings. The molecule has 0 saturated heterocycles. The summed E-state index contributed by atoms with van der Waals surface area (Å²) in [4.78, 5) is 29.6. The number of hydrogen-bond donors (Lipinski definition) is 3. The maximum Gasteiger partial charge on any atom is 0.425 e. The molecule has 2 aromatic carbocycles. The number of nitrogens with zero attached hydrogens (tertiary/aromatic N) is 2. The first-order valence-corrected chi connectivity index (χ1v) is 14.5. The van der Waals surface area contributed by atoms with Crippen LogP contribution in [0.25, 0.3) is 11.3 Å². The number of alkyl halides is 3. The molecule has 0 radical (unpaired) electrons. The van der Waals surface area contributed by atoms with Crippen LogP contribution in [0.4, 0.5) is 13.2 Å². The Balaban J connectivity index is 1.72. The first-order valence-electron chi connectivity index (χ1n) is 14.1. The van der Waals surface area contributed by atoms with Crippen LogP contribution in [0.5, 0.6) is 5.75 Å². The Morgan fingerprint density at radius 1 is 1.09 bits per heavy atom. The van der Waals surface area contributed by atoms with Gasteiger partial charge in [0.25, 0.3) is 5.91 Å². The quantitative estimate of drug-likeness (QED) is 0.213. The van der Waals surface area contributed by atoms with Crippen LogP contribution in [0.3, 0.4) is 0 Å². The molecule has 0 aliphatic rings. The van der Waals surface area contributed by atoms with E-state index in [1.54, 1.807) is 0 Å². The highest BCUT2D eigenvalue weighted by Crippen LogP contribution is 2.31. The summed E-state index contributed by atoms with van der Waals surface area (Å²) in [6, 6.07) is 10.9. The number of imidazole rings is 1. The summed E-state index contributed by atoms with van der Waals surface area (Å²) >= 11 is 6.10. The number of nitrogens with one attached hydrogen (secondary N) is 2. The average molecular weight is 623 g/mol. The van der Waals surface area contributed by atoms with E-state index in [0.29, 0.717) is 13.0 Å². The molecule has 0 aliphatic carbocycles. The molecule has 3 N–H and O–H groups in total. The molecule has 12 heteroatoms. The fourth-order valence-corrected chi connectivity index (χ4v) is 4.79. The van der Waals surface area contributed by atoms with Gasteiger partial charge in [-0.25, -0.2) is 4.98 Å². The number of carbonyl (C=O) groups excluding carboxylic acids is 2. The van der Waals surface area contributed by atoms with E-state index in [1.807, 2.05) is 55.8 Å². The standard InChI is InChI=1S/C31H38ClF3N4O4/c1-6-39-17-26(38-29(39)28(18(2)3)36-20(5)41)22-9-7-21(8-10-22)15-24(13-14-40)37-30(42)23-11-12-27(25(32)16-23)43-19(4)31(33,34)35/h7-12,16-19,24,28,40H,6,13-15H2,1-5H3,(H,36,41)(H,37,42). The average Bonchev–Trinajstić information content (AvgIpc) is 3.36. The maximum absolute atomic E-state index is 12.9. The molecule has 2 amide bonds. The first-order chi connectivity index (χ1) is 20.2. The van der Waals surface area contributed by atoms with Crippen molar-refractivity contribution in [2.24, 2.45) is 5.92 Å². The summed E-state index contributed by atoms with van der Waals surface area (Å²) in [7, 11) is 0. The highest BCUT2D eigenvalue weighted by atomic mass is 35.5. The molecule has 3 rings (SSSR count). The molecular formula is C31H38ClF3N4O4. The van der Waals surface area contributed by atoms with E-state index in [9.17, 15) is 27.9 Å². The first kappa shape index (κ1) is 33.9. The third-order valence-corrected chi connectivity index (χ3v) is 7.25. The number of ether oxygens (including phenoxy) is 1. The lowest BCUT2D eigenvalue weighted by Gasteiger charge is -2.21. The molecule has 234 valence electrons. The Bertz CT molecular complexity index is 1390. The van der Waals surface area contributed by atoms with Crippen molar-refractivity contribution in [2.75, 3.05) is 6.61 Å². The largest absolute Gasteiger partial charge is 0.480 e. The minimum Gasteiger partial charge on any atom is -0.480 e. The van der Waals surface area contributed by atoms with E-state index >= 15 is 0 Å². The number of rotatable bonds is 13. The third-order valence-electron chi connectivity index (χ3n) is 6.96. The molecule has 43 heavy (non-hydrogen) atoms. The van der Waals surface area contributed by atoms with Crippen LogP contribution >= 0.6 is 11.6 Å². The smallest absolute Gasteiger partial charge is 0.425 e. The van der Waals surface area contributed by atoms with E-state index in [0.717, 1.165) is 29.6 Å². The maximum atomic E-state index is 12.9. The van der Waals surface area contributed by atoms with Crippen LogP contribution in [0.2, 0.25) is 5.02 Å². The van der Waals surface area contributed by atoms with Gasteiger partial charge in [0, 0.05) is 43.4 Å². The zero-order valence-electron chi connectivity index (χ0n) is 24.8. The molecule has 1 heterocycles. The molecular weight excluding hydrogens is 585 g/mol. The van der Waals surface area contributed by atoms with Crippen LogP contribution in [-0.4, -0.2) is 51.4 Å². The van der Waals surface area contributed by atoms with Crippen molar-refractivity contribution in [3.05, 3.63) is 70.6 Å². The number of halogens is 4. The van der Waals surface area contributed by atoms with Crippen LogP contribution in [0.15, 0.2) is 48.7 Å². The number of aryl methyl sites for hydroxylation is 1. The van der Waals surface area contributed by atoms with Crippen molar-refractivity contribution in [2.45, 2.75) is 78.4 Å². The number of carbonyl (C=O) groups is 2. The van der Waals surface area contributed by atoms with Crippen molar-refractivity contribution < 1.29 is 32.6 Å². The Kier molecular flexibility index (Phi) is 11.6. The van der Waals surface area contributed by atoms with Crippen LogP contribution < -0.4 is 15.4 Å². The van der Waals surface area contributed by atoms with Gasteiger partial charge in [-0.05, 0) is 56.4 Å². The topological polar surface area (TPSA) is 105 Å². The lowest BCUT2D eigenvalue weighted by molar-refractivity contribution is -0.189. The lowest BCUT2D eigenvalue weighted by Crippen LogP contribution is -2.37. The molecule has 8 nitrogen and oxygen atoms in total. The Hall–Kier alpha value is -3.57. The van der Waals surface area contributed by atoms with E-state index in [-0.39, 0.29) is 47.2 Å². The zero-order valence-corrected chi connectivity index (χ0v) is 25.6. The van der Waals surface area contributed by atoms with Gasteiger partial charge in [-0.1, -0.05) is 49.7 Å². The van der Waals surface area contributed by atoms with Crippen molar-refractivity contribution in [3.63, 3.8) is 0 Å². The van der Waals surface area contributed by atoms with Crippen LogP contribution in [0, 0.1) is 5.92 Å². The van der Waals surface area contributed by atoms with Gasteiger partial charge in [-0.3, -0.25) is 9.59 Å². The number of aliphatic hydroxyl groups excluding tert-OH is 1. The number of hydrogen-bond acceptors (Lipinski definition) is 5. The summed E-state index contributed by atoms with van der Waals surface area (Å²) in [5, 5.41) is 15.3. The number of aliphatic hydroxyl groups is 1. The zero-order chi connectivity index (χ0) is 31.9. The van der Waals surface area contributed by atoms with E-state index < -0.39 is 24.2 Å². The van der Waals surface area contributed by atoms with Crippen LogP contribution in [0.1, 0.15) is 68.8 Å². The number of aromatic nitrogens is 2. The minimum absolute atomic E-state index is 0.121. The summed E-state index contributed by atoms with van der Waals surface area (Å²) in [5.74, 6) is 0.145. The van der Waals surface area contributed by atoms with Crippen LogP contribution in [-0.2, 0) is 17.8 Å². The fourth-order valence-electron chi connectivity index (χ4n) is 4.56. The monoisotopic (exact) mass is 622 g/mol. The second-order valence-electron chi connectivity index (χ2n) is 10.7. The summed E-state index contributed by atoms with van der Waals surface area (Å²) < 4.78 is 45.4. The molecule has 0 bridgehead atoms. The van der Waals surface area contributed by atoms with Gasteiger partial charge in [-0.2, -0.15) is 13.2 Å². The Labute approximate surface area is 254 Å². The van der Waals surface area contributed by atoms with E-state index in [2.05, 4.69) is 10.6 Å². The summed E-state index contributed by atoms with van der Waals surface area (Å²) in [6.07, 6.45) is -3.94. The summed E-state index contributed by atoms with van der Waals surface area (Å²) in [5.41, 5.74) is 2.73. The van der Waals surface area contributed by atoms with Crippen molar-refractivity contribution in [1.82, 2.24) is 20.2 Å².